The highest BCUT2D eigenvalue weighted by Gasteiger charge is 2.35. The van der Waals surface area contributed by atoms with Crippen LogP contribution in [0.4, 0.5) is 5.82 Å². The van der Waals surface area contributed by atoms with Gasteiger partial charge < -0.3 is 5.73 Å². The van der Waals surface area contributed by atoms with Crippen LogP contribution in [0.5, 0.6) is 0 Å². The number of aromatic nitrogens is 2. The van der Waals surface area contributed by atoms with Crippen LogP contribution >= 0.6 is 0 Å². The van der Waals surface area contributed by atoms with Crippen molar-refractivity contribution in [1.82, 2.24) is 10.2 Å². The van der Waals surface area contributed by atoms with E-state index in [0.29, 0.717) is 11.7 Å². The minimum Gasteiger partial charge on any atom is -0.382 e. The van der Waals surface area contributed by atoms with Gasteiger partial charge in [0.05, 0.1) is 0 Å². The van der Waals surface area contributed by atoms with E-state index in [-0.39, 0.29) is 0 Å². The molecule has 0 unspecified atom stereocenters. The van der Waals surface area contributed by atoms with Crippen molar-refractivity contribution < 1.29 is 0 Å². The summed E-state index contributed by atoms with van der Waals surface area (Å²) in [5.74, 6) is 2.12. The summed E-state index contributed by atoms with van der Waals surface area (Å²) in [7, 11) is 0. The zero-order valence-corrected chi connectivity index (χ0v) is 5.96. The summed E-state index contributed by atoms with van der Waals surface area (Å²) in [5, 5.41) is 6.79. The van der Waals surface area contributed by atoms with E-state index in [0.717, 1.165) is 5.92 Å². The highest BCUT2D eigenvalue weighted by molar-refractivity contribution is 5.32. The molecule has 1 heterocycles. The van der Waals surface area contributed by atoms with Gasteiger partial charge in [0.1, 0.15) is 5.82 Å². The van der Waals surface area contributed by atoms with Crippen molar-refractivity contribution in [1.29, 1.82) is 0 Å². The van der Waals surface area contributed by atoms with Gasteiger partial charge >= 0.3 is 0 Å². The third-order valence-corrected chi connectivity index (χ3v) is 2.13. The van der Waals surface area contributed by atoms with E-state index in [9.17, 15) is 0 Å². The molecule has 1 aliphatic carbocycles. The second kappa shape index (κ2) is 1.75. The lowest BCUT2D eigenvalue weighted by molar-refractivity contribution is 0.872. The Morgan fingerprint density at radius 2 is 2.50 bits per heavy atom. The van der Waals surface area contributed by atoms with E-state index in [4.69, 9.17) is 5.73 Å². The van der Waals surface area contributed by atoms with Crippen LogP contribution < -0.4 is 5.73 Å². The van der Waals surface area contributed by atoms with E-state index >= 15 is 0 Å². The topological polar surface area (TPSA) is 54.7 Å². The molecule has 0 bridgehead atoms. The summed E-state index contributed by atoms with van der Waals surface area (Å²) in [6.45, 7) is 2.24. The van der Waals surface area contributed by atoms with Gasteiger partial charge in [0, 0.05) is 17.7 Å². The molecule has 1 aromatic heterocycles. The maximum absolute atomic E-state index is 5.45. The van der Waals surface area contributed by atoms with Gasteiger partial charge in [-0.2, -0.15) is 5.10 Å². The van der Waals surface area contributed by atoms with Crippen LogP contribution in [0.3, 0.4) is 0 Å². The van der Waals surface area contributed by atoms with Crippen molar-refractivity contribution in [2.75, 3.05) is 5.73 Å². The minimum absolute atomic E-state index is 0.606. The number of hydrogen-bond donors (Lipinski definition) is 2. The monoisotopic (exact) mass is 137 g/mol. The Morgan fingerprint density at radius 1 is 1.80 bits per heavy atom. The standard InChI is InChI=1S/C7H11N3/c1-4-2-5(4)6-3-7(8)10-9-6/h3-5H,2H2,1H3,(H3,8,9,10)/t4-,5-/m0/s1. The minimum atomic E-state index is 0.606. The molecular weight excluding hydrogens is 126 g/mol. The van der Waals surface area contributed by atoms with E-state index in [2.05, 4.69) is 17.1 Å². The Morgan fingerprint density at radius 3 is 2.90 bits per heavy atom. The van der Waals surface area contributed by atoms with Crippen molar-refractivity contribution in [3.63, 3.8) is 0 Å². The molecule has 1 fully saturated rings. The fourth-order valence-electron chi connectivity index (χ4n) is 1.30. The van der Waals surface area contributed by atoms with Crippen LogP contribution in [0.15, 0.2) is 6.07 Å². The first kappa shape index (κ1) is 5.77. The Labute approximate surface area is 59.6 Å². The van der Waals surface area contributed by atoms with Crippen LogP contribution in [0, 0.1) is 5.92 Å². The molecule has 0 saturated heterocycles. The summed E-state index contributed by atoms with van der Waals surface area (Å²) in [5.41, 5.74) is 6.65. The lowest BCUT2D eigenvalue weighted by Crippen LogP contribution is -1.81. The Balaban J connectivity index is 2.20. The van der Waals surface area contributed by atoms with Crippen molar-refractivity contribution in [2.45, 2.75) is 19.3 Å². The van der Waals surface area contributed by atoms with Gasteiger partial charge in [-0.25, -0.2) is 0 Å². The first-order valence-corrected chi connectivity index (χ1v) is 3.58. The normalized spacial score (nSPS) is 30.5. The molecule has 10 heavy (non-hydrogen) atoms. The van der Waals surface area contributed by atoms with Crippen LogP contribution in [0.1, 0.15) is 25.0 Å². The smallest absolute Gasteiger partial charge is 0.145 e. The second-order valence-electron chi connectivity index (χ2n) is 3.07. The summed E-state index contributed by atoms with van der Waals surface area (Å²) >= 11 is 0. The summed E-state index contributed by atoms with van der Waals surface area (Å²) in [6, 6.07) is 1.92. The number of nitrogens with two attached hydrogens (primary N) is 1. The zero-order valence-electron chi connectivity index (χ0n) is 5.96. The molecule has 1 aromatic rings. The third-order valence-electron chi connectivity index (χ3n) is 2.13. The SMILES string of the molecule is C[C@H]1C[C@@H]1c1cc(N)n[nH]1. The van der Waals surface area contributed by atoms with Crippen LogP contribution in [-0.4, -0.2) is 10.2 Å². The van der Waals surface area contributed by atoms with Gasteiger partial charge in [0.15, 0.2) is 0 Å². The molecule has 3 N–H and O–H groups in total. The molecule has 0 aliphatic heterocycles. The predicted octanol–water partition coefficient (Wildman–Crippen LogP) is 1.12. The number of rotatable bonds is 1. The molecule has 3 heteroatoms. The van der Waals surface area contributed by atoms with Gasteiger partial charge in [-0.15, -0.1) is 0 Å². The second-order valence-corrected chi connectivity index (χ2v) is 3.07. The fourth-order valence-corrected chi connectivity index (χ4v) is 1.30. The highest BCUT2D eigenvalue weighted by Crippen LogP contribution is 2.46. The van der Waals surface area contributed by atoms with Crippen LogP contribution in [0.2, 0.25) is 0 Å². The number of H-pyrrole nitrogens is 1. The van der Waals surface area contributed by atoms with Crippen molar-refractivity contribution in [2.24, 2.45) is 5.92 Å². The van der Waals surface area contributed by atoms with Gasteiger partial charge in [-0.1, -0.05) is 6.92 Å². The molecule has 2 atom stereocenters. The summed E-state index contributed by atoms with van der Waals surface area (Å²) < 4.78 is 0. The van der Waals surface area contributed by atoms with Crippen LogP contribution in [-0.2, 0) is 0 Å². The summed E-state index contributed by atoms with van der Waals surface area (Å²) in [6.07, 6.45) is 1.28. The van der Waals surface area contributed by atoms with Gasteiger partial charge in [-0.05, 0) is 12.3 Å². The lowest BCUT2D eigenvalue weighted by atomic mass is 10.2. The Kier molecular flexibility index (Phi) is 1.01. The molecule has 0 aromatic carbocycles. The molecule has 0 radical (unpaired) electrons. The highest BCUT2D eigenvalue weighted by atomic mass is 15.2. The Hall–Kier alpha value is -0.990. The number of nitrogen functional groups attached to an aromatic ring is 1. The number of nitrogens with one attached hydrogen (secondary N) is 1. The third kappa shape index (κ3) is 0.781. The van der Waals surface area contributed by atoms with Crippen LogP contribution in [0.25, 0.3) is 0 Å². The Bertz CT molecular complexity index is 241. The first-order valence-electron chi connectivity index (χ1n) is 3.58. The van der Waals surface area contributed by atoms with E-state index < -0.39 is 0 Å². The zero-order chi connectivity index (χ0) is 7.14. The lowest BCUT2D eigenvalue weighted by Gasteiger charge is -1.86. The molecule has 1 saturated carbocycles. The predicted molar refractivity (Wildman–Crippen MR) is 39.5 cm³/mol. The average molecular weight is 137 g/mol. The number of hydrogen-bond acceptors (Lipinski definition) is 2. The van der Waals surface area contributed by atoms with Gasteiger partial charge in [-0.3, -0.25) is 5.10 Å². The number of anilines is 1. The van der Waals surface area contributed by atoms with Crippen molar-refractivity contribution in [3.8, 4) is 0 Å². The maximum Gasteiger partial charge on any atom is 0.145 e. The maximum atomic E-state index is 5.45. The van der Waals surface area contributed by atoms with E-state index in [1.807, 2.05) is 6.07 Å². The van der Waals surface area contributed by atoms with Crippen molar-refractivity contribution in [3.05, 3.63) is 11.8 Å². The van der Waals surface area contributed by atoms with Gasteiger partial charge in [0.2, 0.25) is 0 Å². The molecule has 54 valence electrons. The quantitative estimate of drug-likeness (QED) is 0.609. The number of aromatic amines is 1. The summed E-state index contributed by atoms with van der Waals surface area (Å²) in [4.78, 5) is 0. The number of nitrogens with zero attached hydrogens (tertiary/aromatic N) is 1. The molecule has 0 spiro atoms. The molecule has 2 rings (SSSR count). The molecule has 1 aliphatic rings. The molecular formula is C7H11N3. The fraction of sp³-hybridized carbons (Fsp3) is 0.571. The molecule has 3 nitrogen and oxygen atoms in total. The first-order chi connectivity index (χ1) is 4.77. The van der Waals surface area contributed by atoms with E-state index in [1.54, 1.807) is 0 Å². The van der Waals surface area contributed by atoms with Crippen molar-refractivity contribution >= 4 is 5.82 Å². The average Bonchev–Trinajstić information content (AvgIpc) is 2.42. The van der Waals surface area contributed by atoms with Gasteiger partial charge in [0.25, 0.3) is 0 Å². The molecule has 0 amide bonds. The van der Waals surface area contributed by atoms with E-state index in [1.165, 1.54) is 12.1 Å². The largest absolute Gasteiger partial charge is 0.382 e.